The Kier molecular flexibility index (Phi) is 8.07. The van der Waals surface area contributed by atoms with Crippen LogP contribution in [0.3, 0.4) is 0 Å². The van der Waals surface area contributed by atoms with Crippen molar-refractivity contribution in [3.05, 3.63) is 0 Å². The molecule has 0 aromatic heterocycles. The third kappa shape index (κ3) is 8.37. The zero-order valence-corrected chi connectivity index (χ0v) is 9.16. The summed E-state index contributed by atoms with van der Waals surface area (Å²) in [6.45, 7) is 6.06. The number of rotatable bonds is 7. The van der Waals surface area contributed by atoms with E-state index in [2.05, 4.69) is 18.5 Å². The van der Waals surface area contributed by atoms with E-state index in [-0.39, 0.29) is 6.10 Å². The molecule has 0 fully saturated rings. The van der Waals surface area contributed by atoms with E-state index in [0.717, 1.165) is 24.8 Å². The molecular weight excluding hydrogens is 170 g/mol. The van der Waals surface area contributed by atoms with Gasteiger partial charge in [0.15, 0.2) is 0 Å². The number of hydrogen-bond acceptors (Lipinski definition) is 3. The van der Waals surface area contributed by atoms with Crippen molar-refractivity contribution >= 4 is 11.8 Å². The molecule has 2 nitrogen and oxygen atoms in total. The maximum atomic E-state index is 8.96. The summed E-state index contributed by atoms with van der Waals surface area (Å²) in [5, 5.41) is 13.0. The smallest absolute Gasteiger partial charge is 0.0524 e. The van der Waals surface area contributed by atoms with E-state index in [1.165, 1.54) is 6.42 Å². The molecule has 0 aliphatic rings. The molecule has 0 aromatic carbocycles. The fraction of sp³-hybridized carbons (Fsp3) is 1.00. The van der Waals surface area contributed by atoms with Gasteiger partial charge in [0.2, 0.25) is 0 Å². The van der Waals surface area contributed by atoms with Crippen LogP contribution in [0.1, 0.15) is 26.7 Å². The van der Waals surface area contributed by atoms with E-state index >= 15 is 0 Å². The second-order valence-electron chi connectivity index (χ2n) is 3.22. The van der Waals surface area contributed by atoms with Gasteiger partial charge in [0.05, 0.1) is 6.10 Å². The van der Waals surface area contributed by atoms with Crippen LogP contribution < -0.4 is 5.32 Å². The van der Waals surface area contributed by atoms with E-state index in [1.54, 1.807) is 0 Å². The molecule has 74 valence electrons. The predicted molar refractivity (Wildman–Crippen MR) is 56.8 cm³/mol. The molecule has 0 spiro atoms. The summed E-state index contributed by atoms with van der Waals surface area (Å²) < 4.78 is 0. The minimum atomic E-state index is -0.171. The SMILES string of the molecule is CSC(C)CCNCCC(C)O. The topological polar surface area (TPSA) is 32.3 Å². The van der Waals surface area contributed by atoms with Gasteiger partial charge in [-0.25, -0.2) is 0 Å². The van der Waals surface area contributed by atoms with Gasteiger partial charge in [0.1, 0.15) is 0 Å². The summed E-state index contributed by atoms with van der Waals surface area (Å²) in [5.41, 5.74) is 0. The standard InChI is InChI=1S/C9H21NOS/c1-8(11)4-6-10-7-5-9(2)12-3/h8-11H,4-7H2,1-3H3. The van der Waals surface area contributed by atoms with Gasteiger partial charge < -0.3 is 10.4 Å². The lowest BCUT2D eigenvalue weighted by Crippen LogP contribution is -2.21. The molecule has 3 heteroatoms. The van der Waals surface area contributed by atoms with Crippen LogP contribution >= 0.6 is 11.8 Å². The number of hydrogen-bond donors (Lipinski definition) is 2. The molecule has 0 saturated carbocycles. The van der Waals surface area contributed by atoms with Gasteiger partial charge in [-0.3, -0.25) is 0 Å². The fourth-order valence-corrected chi connectivity index (χ4v) is 1.21. The summed E-state index contributed by atoms with van der Waals surface area (Å²) in [4.78, 5) is 0. The van der Waals surface area contributed by atoms with Crippen molar-refractivity contribution in [3.8, 4) is 0 Å². The minimum Gasteiger partial charge on any atom is -0.393 e. The Labute approximate surface area is 80.1 Å². The first-order valence-electron chi connectivity index (χ1n) is 4.58. The number of nitrogens with one attached hydrogen (secondary N) is 1. The first-order valence-corrected chi connectivity index (χ1v) is 5.87. The fourth-order valence-electron chi connectivity index (χ4n) is 0.859. The van der Waals surface area contributed by atoms with E-state index in [0.29, 0.717) is 0 Å². The highest BCUT2D eigenvalue weighted by Gasteiger charge is 1.98. The molecule has 0 heterocycles. The zero-order valence-electron chi connectivity index (χ0n) is 8.34. The number of aliphatic hydroxyl groups is 1. The predicted octanol–water partition coefficient (Wildman–Crippen LogP) is 1.49. The van der Waals surface area contributed by atoms with Crippen LogP contribution in [0.4, 0.5) is 0 Å². The molecule has 0 aliphatic carbocycles. The summed E-state index contributed by atoms with van der Waals surface area (Å²) in [5.74, 6) is 0. The van der Waals surface area contributed by atoms with Gasteiger partial charge in [-0.1, -0.05) is 6.92 Å². The molecule has 0 radical (unpaired) electrons. The molecule has 0 bridgehead atoms. The van der Waals surface area contributed by atoms with E-state index < -0.39 is 0 Å². The highest BCUT2D eigenvalue weighted by molar-refractivity contribution is 7.99. The van der Waals surface area contributed by atoms with Gasteiger partial charge in [0, 0.05) is 5.25 Å². The molecule has 2 unspecified atom stereocenters. The molecule has 0 aromatic rings. The van der Waals surface area contributed by atoms with Crippen molar-refractivity contribution in [2.45, 2.75) is 38.0 Å². The molecule has 2 atom stereocenters. The Hall–Kier alpha value is 0.270. The molecule has 0 amide bonds. The number of thioether (sulfide) groups is 1. The van der Waals surface area contributed by atoms with Crippen molar-refractivity contribution in [1.29, 1.82) is 0 Å². The average molecular weight is 191 g/mol. The molecule has 0 aliphatic heterocycles. The van der Waals surface area contributed by atoms with Gasteiger partial charge in [0.25, 0.3) is 0 Å². The maximum absolute atomic E-state index is 8.96. The minimum absolute atomic E-state index is 0.171. The van der Waals surface area contributed by atoms with Crippen molar-refractivity contribution in [1.82, 2.24) is 5.32 Å². The van der Waals surface area contributed by atoms with Crippen molar-refractivity contribution < 1.29 is 5.11 Å². The Morgan fingerprint density at radius 1 is 1.25 bits per heavy atom. The third-order valence-electron chi connectivity index (χ3n) is 1.87. The zero-order chi connectivity index (χ0) is 9.40. The molecule has 0 saturated heterocycles. The number of aliphatic hydroxyl groups excluding tert-OH is 1. The van der Waals surface area contributed by atoms with Crippen molar-refractivity contribution in [3.63, 3.8) is 0 Å². The first kappa shape index (κ1) is 12.3. The molecule has 12 heavy (non-hydrogen) atoms. The Bertz CT molecular complexity index is 98.5. The lowest BCUT2D eigenvalue weighted by molar-refractivity contribution is 0.184. The summed E-state index contributed by atoms with van der Waals surface area (Å²) in [6, 6.07) is 0. The van der Waals surface area contributed by atoms with Gasteiger partial charge in [-0.15, -0.1) is 0 Å². The van der Waals surface area contributed by atoms with Crippen LogP contribution in [0.2, 0.25) is 0 Å². The highest BCUT2D eigenvalue weighted by atomic mass is 32.2. The largest absolute Gasteiger partial charge is 0.393 e. The second-order valence-corrected chi connectivity index (χ2v) is 4.50. The average Bonchev–Trinajstić information content (AvgIpc) is 2.03. The van der Waals surface area contributed by atoms with Crippen LogP contribution in [0, 0.1) is 0 Å². The molecule has 2 N–H and O–H groups in total. The van der Waals surface area contributed by atoms with Gasteiger partial charge >= 0.3 is 0 Å². The quantitative estimate of drug-likeness (QED) is 0.598. The Morgan fingerprint density at radius 2 is 1.83 bits per heavy atom. The second kappa shape index (κ2) is 7.90. The monoisotopic (exact) mass is 191 g/mol. The van der Waals surface area contributed by atoms with Crippen LogP contribution in [0.15, 0.2) is 0 Å². The molecule has 0 rings (SSSR count). The normalized spacial score (nSPS) is 16.0. The summed E-state index contributed by atoms with van der Waals surface area (Å²) in [6.07, 6.45) is 4.03. The summed E-state index contributed by atoms with van der Waals surface area (Å²) >= 11 is 1.90. The van der Waals surface area contributed by atoms with Gasteiger partial charge in [-0.05, 0) is 39.1 Å². The molecular formula is C9H21NOS. The van der Waals surface area contributed by atoms with Crippen LogP contribution in [0.25, 0.3) is 0 Å². The van der Waals surface area contributed by atoms with Crippen LogP contribution in [0.5, 0.6) is 0 Å². The van der Waals surface area contributed by atoms with E-state index in [1.807, 2.05) is 18.7 Å². The third-order valence-corrected chi connectivity index (χ3v) is 2.91. The Morgan fingerprint density at radius 3 is 2.33 bits per heavy atom. The maximum Gasteiger partial charge on any atom is 0.0524 e. The van der Waals surface area contributed by atoms with Gasteiger partial charge in [-0.2, -0.15) is 11.8 Å². The first-order chi connectivity index (χ1) is 5.66. The van der Waals surface area contributed by atoms with Crippen LogP contribution in [-0.4, -0.2) is 35.8 Å². The summed E-state index contributed by atoms with van der Waals surface area (Å²) in [7, 11) is 0. The lowest BCUT2D eigenvalue weighted by Gasteiger charge is -2.09. The highest BCUT2D eigenvalue weighted by Crippen LogP contribution is 2.07. The van der Waals surface area contributed by atoms with Crippen LogP contribution in [-0.2, 0) is 0 Å². The van der Waals surface area contributed by atoms with E-state index in [9.17, 15) is 0 Å². The lowest BCUT2D eigenvalue weighted by atomic mass is 10.3. The van der Waals surface area contributed by atoms with Crippen molar-refractivity contribution in [2.24, 2.45) is 0 Å². The van der Waals surface area contributed by atoms with E-state index in [4.69, 9.17) is 5.11 Å². The Balaban J connectivity index is 3.00. The van der Waals surface area contributed by atoms with Crippen molar-refractivity contribution in [2.75, 3.05) is 19.3 Å².